The zero-order valence-electron chi connectivity index (χ0n) is 13.3. The van der Waals surface area contributed by atoms with E-state index in [-0.39, 0.29) is 24.4 Å². The molecule has 1 aromatic carbocycles. The first-order valence-corrected chi connectivity index (χ1v) is 8.19. The molecular formula is C17H21F3N2O2. The molecule has 3 atom stereocenters. The molecule has 1 aromatic rings. The molecule has 0 aromatic heterocycles. The van der Waals surface area contributed by atoms with Gasteiger partial charge >= 0.3 is 6.18 Å². The van der Waals surface area contributed by atoms with Crippen LogP contribution in [0.4, 0.5) is 13.2 Å². The van der Waals surface area contributed by atoms with Crippen LogP contribution >= 0.6 is 0 Å². The van der Waals surface area contributed by atoms with Gasteiger partial charge in [0.05, 0.1) is 24.6 Å². The fraction of sp³-hybridized carbons (Fsp3) is 0.588. The van der Waals surface area contributed by atoms with Gasteiger partial charge in [0.15, 0.2) is 0 Å². The van der Waals surface area contributed by atoms with Crippen LogP contribution in [0.15, 0.2) is 24.3 Å². The monoisotopic (exact) mass is 342 g/mol. The molecule has 1 amide bonds. The minimum atomic E-state index is -4.39. The first-order valence-electron chi connectivity index (χ1n) is 8.19. The molecule has 132 valence electrons. The average Bonchev–Trinajstić information content (AvgIpc) is 3.00. The van der Waals surface area contributed by atoms with Crippen molar-refractivity contribution >= 4 is 5.91 Å². The van der Waals surface area contributed by atoms with E-state index in [0.717, 1.165) is 31.4 Å². The predicted molar refractivity (Wildman–Crippen MR) is 82.0 cm³/mol. The van der Waals surface area contributed by atoms with Gasteiger partial charge in [0.25, 0.3) is 0 Å². The van der Waals surface area contributed by atoms with E-state index in [1.165, 1.54) is 6.07 Å². The van der Waals surface area contributed by atoms with Gasteiger partial charge in [-0.05, 0) is 30.5 Å². The zero-order chi connectivity index (χ0) is 17.3. The van der Waals surface area contributed by atoms with E-state index in [4.69, 9.17) is 10.5 Å². The molecule has 1 aliphatic carbocycles. The second kappa shape index (κ2) is 6.72. The summed E-state index contributed by atoms with van der Waals surface area (Å²) in [6, 6.07) is 4.99. The van der Waals surface area contributed by atoms with Gasteiger partial charge < -0.3 is 15.4 Å². The summed E-state index contributed by atoms with van der Waals surface area (Å²) in [4.78, 5) is 14.3. The highest BCUT2D eigenvalue weighted by Crippen LogP contribution is 2.33. The van der Waals surface area contributed by atoms with E-state index in [1.54, 1.807) is 11.0 Å². The summed E-state index contributed by atoms with van der Waals surface area (Å²) >= 11 is 0. The molecule has 0 radical (unpaired) electrons. The minimum absolute atomic E-state index is 0.000256. The molecular weight excluding hydrogens is 321 g/mol. The van der Waals surface area contributed by atoms with Crippen LogP contribution in [-0.2, 0) is 15.7 Å². The third kappa shape index (κ3) is 3.57. The molecule has 0 unspecified atom stereocenters. The van der Waals surface area contributed by atoms with Gasteiger partial charge in [0.2, 0.25) is 5.91 Å². The molecule has 1 aliphatic heterocycles. The number of carbonyl (C=O) groups excluding carboxylic acids is 1. The summed E-state index contributed by atoms with van der Waals surface area (Å²) in [5, 5.41) is 0. The summed E-state index contributed by atoms with van der Waals surface area (Å²) < 4.78 is 44.2. The van der Waals surface area contributed by atoms with Crippen molar-refractivity contribution in [3.8, 4) is 0 Å². The van der Waals surface area contributed by atoms with Crippen molar-refractivity contribution in [2.75, 3.05) is 19.7 Å². The molecule has 2 N–H and O–H groups in total. The quantitative estimate of drug-likeness (QED) is 0.899. The maximum Gasteiger partial charge on any atom is 0.416 e. The Morgan fingerprint density at radius 3 is 2.75 bits per heavy atom. The number of halogens is 3. The second-order valence-corrected chi connectivity index (χ2v) is 6.47. The maximum atomic E-state index is 12.9. The minimum Gasteiger partial charge on any atom is -0.370 e. The third-order valence-electron chi connectivity index (χ3n) is 4.85. The number of carbonyl (C=O) groups is 1. The van der Waals surface area contributed by atoms with Crippen LogP contribution in [0, 0.1) is 5.92 Å². The van der Waals surface area contributed by atoms with E-state index in [2.05, 4.69) is 0 Å². The fourth-order valence-corrected chi connectivity index (χ4v) is 3.50. The molecule has 3 rings (SSSR count). The summed E-state index contributed by atoms with van der Waals surface area (Å²) in [6.45, 7) is 1.04. The van der Waals surface area contributed by atoms with Crippen molar-refractivity contribution in [1.29, 1.82) is 0 Å². The van der Waals surface area contributed by atoms with Gasteiger partial charge in [-0.3, -0.25) is 4.79 Å². The molecule has 7 heteroatoms. The van der Waals surface area contributed by atoms with Crippen LogP contribution in [0.25, 0.3) is 0 Å². The van der Waals surface area contributed by atoms with Crippen LogP contribution in [0.2, 0.25) is 0 Å². The molecule has 0 bridgehead atoms. The molecule has 0 spiro atoms. The third-order valence-corrected chi connectivity index (χ3v) is 4.85. The number of amides is 1. The van der Waals surface area contributed by atoms with Gasteiger partial charge in [0.1, 0.15) is 6.10 Å². The fourth-order valence-electron chi connectivity index (χ4n) is 3.50. The van der Waals surface area contributed by atoms with E-state index in [0.29, 0.717) is 18.7 Å². The van der Waals surface area contributed by atoms with E-state index in [1.807, 2.05) is 0 Å². The maximum absolute atomic E-state index is 12.9. The lowest BCUT2D eigenvalue weighted by atomic mass is 10.0. The SMILES string of the molecule is N[C@@H]1CCC[C@H]1C(=O)N1CCO[C@H](c2cccc(C(F)(F)F)c2)C1. The zero-order valence-corrected chi connectivity index (χ0v) is 13.3. The normalized spacial score (nSPS) is 28.2. The van der Waals surface area contributed by atoms with Crippen LogP contribution in [0.3, 0.4) is 0 Å². The molecule has 2 fully saturated rings. The highest BCUT2D eigenvalue weighted by atomic mass is 19.4. The number of benzene rings is 1. The summed E-state index contributed by atoms with van der Waals surface area (Å²) in [5.41, 5.74) is 5.74. The predicted octanol–water partition coefficient (Wildman–Crippen LogP) is 2.73. The summed E-state index contributed by atoms with van der Waals surface area (Å²) in [5.74, 6) is -0.175. The molecule has 1 saturated carbocycles. The van der Waals surface area contributed by atoms with Gasteiger partial charge in [-0.2, -0.15) is 13.2 Å². The Balaban J connectivity index is 1.73. The highest BCUT2D eigenvalue weighted by Gasteiger charge is 2.36. The van der Waals surface area contributed by atoms with Crippen molar-refractivity contribution < 1.29 is 22.7 Å². The average molecular weight is 342 g/mol. The van der Waals surface area contributed by atoms with Gasteiger partial charge in [-0.25, -0.2) is 0 Å². The first-order chi connectivity index (χ1) is 11.4. The molecule has 2 aliphatic rings. The molecule has 4 nitrogen and oxygen atoms in total. The number of nitrogens with two attached hydrogens (primary N) is 1. The van der Waals surface area contributed by atoms with Crippen LogP contribution in [0.5, 0.6) is 0 Å². The molecule has 1 saturated heterocycles. The van der Waals surface area contributed by atoms with Crippen LogP contribution in [-0.4, -0.2) is 36.5 Å². The Kier molecular flexibility index (Phi) is 4.83. The van der Waals surface area contributed by atoms with Crippen molar-refractivity contribution in [3.63, 3.8) is 0 Å². The second-order valence-electron chi connectivity index (χ2n) is 6.47. The topological polar surface area (TPSA) is 55.6 Å². The number of morpholine rings is 1. The lowest BCUT2D eigenvalue weighted by Gasteiger charge is -2.35. The Morgan fingerprint density at radius 2 is 2.08 bits per heavy atom. The van der Waals surface area contributed by atoms with Crippen LogP contribution in [0.1, 0.15) is 36.5 Å². The summed E-state index contributed by atoms with van der Waals surface area (Å²) in [7, 11) is 0. The Labute approximate surface area is 138 Å². The van der Waals surface area contributed by atoms with Gasteiger partial charge in [0, 0.05) is 12.6 Å². The molecule has 24 heavy (non-hydrogen) atoms. The number of nitrogens with zero attached hydrogens (tertiary/aromatic N) is 1. The molecule has 1 heterocycles. The number of alkyl halides is 3. The largest absolute Gasteiger partial charge is 0.416 e. The lowest BCUT2D eigenvalue weighted by molar-refractivity contribution is -0.144. The lowest BCUT2D eigenvalue weighted by Crippen LogP contribution is -2.47. The van der Waals surface area contributed by atoms with Crippen LogP contribution < -0.4 is 5.73 Å². The van der Waals surface area contributed by atoms with E-state index < -0.39 is 17.8 Å². The number of hydrogen-bond donors (Lipinski definition) is 1. The van der Waals surface area contributed by atoms with Crippen molar-refractivity contribution in [2.24, 2.45) is 11.7 Å². The Morgan fingerprint density at radius 1 is 1.29 bits per heavy atom. The first kappa shape index (κ1) is 17.2. The Hall–Kier alpha value is -1.60. The van der Waals surface area contributed by atoms with E-state index in [9.17, 15) is 18.0 Å². The smallest absolute Gasteiger partial charge is 0.370 e. The number of rotatable bonds is 2. The van der Waals surface area contributed by atoms with Crippen molar-refractivity contribution in [3.05, 3.63) is 35.4 Å². The van der Waals surface area contributed by atoms with Crippen molar-refractivity contribution in [1.82, 2.24) is 4.90 Å². The Bertz CT molecular complexity index is 606. The standard InChI is InChI=1S/C17H21F3N2O2/c18-17(19,20)12-4-1-3-11(9-12)15-10-22(7-8-24-15)16(23)13-5-2-6-14(13)21/h1,3-4,9,13-15H,2,5-8,10,21H2/t13-,14-,15+/m1/s1. The highest BCUT2D eigenvalue weighted by molar-refractivity contribution is 5.80. The summed E-state index contributed by atoms with van der Waals surface area (Å²) in [6.07, 6.45) is -2.36. The van der Waals surface area contributed by atoms with Gasteiger partial charge in [-0.15, -0.1) is 0 Å². The van der Waals surface area contributed by atoms with E-state index >= 15 is 0 Å². The van der Waals surface area contributed by atoms with Gasteiger partial charge in [-0.1, -0.05) is 18.6 Å². The number of hydrogen-bond acceptors (Lipinski definition) is 3. The number of ether oxygens (including phenoxy) is 1. The van der Waals surface area contributed by atoms with Crippen molar-refractivity contribution in [2.45, 2.75) is 37.6 Å².